The maximum absolute atomic E-state index is 12.7. The number of carbonyl (C=O) groups excluding carboxylic acids is 1. The van der Waals surface area contributed by atoms with Gasteiger partial charge in [0, 0.05) is 56.4 Å². The number of amides is 1. The van der Waals surface area contributed by atoms with Crippen LogP contribution in [0.3, 0.4) is 0 Å². The van der Waals surface area contributed by atoms with Gasteiger partial charge in [-0.3, -0.25) is 4.79 Å². The zero-order valence-electron chi connectivity index (χ0n) is 14.0. The zero-order chi connectivity index (χ0) is 17.1. The van der Waals surface area contributed by atoms with Crippen LogP contribution in [0.5, 0.6) is 5.88 Å². The molecule has 0 aromatic carbocycles. The summed E-state index contributed by atoms with van der Waals surface area (Å²) < 4.78 is 5.68. The molecular weight excluding hydrogens is 318 g/mol. The second-order valence-corrected chi connectivity index (χ2v) is 6.47. The molecule has 2 fully saturated rings. The van der Waals surface area contributed by atoms with Crippen LogP contribution in [0.15, 0.2) is 36.8 Å². The van der Waals surface area contributed by atoms with E-state index in [1.54, 1.807) is 36.8 Å². The summed E-state index contributed by atoms with van der Waals surface area (Å²) in [6, 6.07) is 5.30. The molecule has 1 amide bonds. The molecule has 1 saturated heterocycles. The van der Waals surface area contributed by atoms with Gasteiger partial charge in [-0.05, 0) is 30.9 Å². The fraction of sp³-hybridized carbons (Fsp3) is 0.444. The number of hydrogen-bond donors (Lipinski definition) is 0. The average Bonchev–Trinajstić information content (AvgIpc) is 3.51. The maximum atomic E-state index is 12.7. The van der Waals surface area contributed by atoms with Crippen LogP contribution in [-0.2, 0) is 0 Å². The number of pyridine rings is 1. The molecule has 7 nitrogen and oxygen atoms in total. The van der Waals surface area contributed by atoms with E-state index in [0.29, 0.717) is 43.0 Å². The van der Waals surface area contributed by atoms with E-state index in [2.05, 4.69) is 19.9 Å². The molecule has 0 radical (unpaired) electrons. The largest absolute Gasteiger partial charge is 0.477 e. The SMILES string of the molecule is O=C(c1ccnc(OCC2CC2)c1)N1CCN(c2ncccn2)CC1. The quantitative estimate of drug-likeness (QED) is 0.824. The van der Waals surface area contributed by atoms with Crippen LogP contribution in [0.1, 0.15) is 23.2 Å². The first-order valence-electron chi connectivity index (χ1n) is 8.70. The molecule has 0 N–H and O–H groups in total. The summed E-state index contributed by atoms with van der Waals surface area (Å²) in [6.07, 6.45) is 7.57. The third-order valence-corrected chi connectivity index (χ3v) is 4.55. The van der Waals surface area contributed by atoms with E-state index in [9.17, 15) is 4.79 Å². The maximum Gasteiger partial charge on any atom is 0.254 e. The molecule has 2 aromatic heterocycles. The Morgan fingerprint density at radius 2 is 1.84 bits per heavy atom. The Kier molecular flexibility index (Phi) is 4.45. The van der Waals surface area contributed by atoms with E-state index in [0.717, 1.165) is 13.1 Å². The second-order valence-electron chi connectivity index (χ2n) is 6.47. The van der Waals surface area contributed by atoms with Crippen LogP contribution in [0.25, 0.3) is 0 Å². The van der Waals surface area contributed by atoms with E-state index in [1.165, 1.54) is 12.8 Å². The van der Waals surface area contributed by atoms with Gasteiger partial charge in [0.1, 0.15) is 0 Å². The molecule has 2 aliphatic rings. The minimum Gasteiger partial charge on any atom is -0.477 e. The highest BCUT2D eigenvalue weighted by Crippen LogP contribution is 2.29. The lowest BCUT2D eigenvalue weighted by atomic mass is 10.2. The minimum absolute atomic E-state index is 0.0206. The normalized spacial score (nSPS) is 17.4. The van der Waals surface area contributed by atoms with Gasteiger partial charge in [-0.25, -0.2) is 15.0 Å². The predicted molar refractivity (Wildman–Crippen MR) is 92.6 cm³/mol. The molecular formula is C18H21N5O2. The van der Waals surface area contributed by atoms with Gasteiger partial charge in [0.05, 0.1) is 6.61 Å². The lowest BCUT2D eigenvalue weighted by Crippen LogP contribution is -2.49. The van der Waals surface area contributed by atoms with Crippen molar-refractivity contribution in [1.82, 2.24) is 19.9 Å². The molecule has 4 rings (SSSR count). The summed E-state index contributed by atoms with van der Waals surface area (Å²) in [5.41, 5.74) is 0.630. The molecule has 25 heavy (non-hydrogen) atoms. The van der Waals surface area contributed by atoms with Crippen LogP contribution in [0, 0.1) is 5.92 Å². The van der Waals surface area contributed by atoms with Crippen LogP contribution in [-0.4, -0.2) is 58.5 Å². The Labute approximate surface area is 146 Å². The molecule has 7 heteroatoms. The number of nitrogens with zero attached hydrogens (tertiary/aromatic N) is 5. The highest BCUT2D eigenvalue weighted by Gasteiger charge is 2.24. The Morgan fingerprint density at radius 1 is 1.08 bits per heavy atom. The second kappa shape index (κ2) is 7.04. The summed E-state index contributed by atoms with van der Waals surface area (Å²) in [6.45, 7) is 3.45. The van der Waals surface area contributed by atoms with E-state index >= 15 is 0 Å². The number of ether oxygens (including phenoxy) is 1. The molecule has 0 spiro atoms. The van der Waals surface area contributed by atoms with Crippen molar-refractivity contribution in [3.63, 3.8) is 0 Å². The zero-order valence-corrected chi connectivity index (χ0v) is 14.0. The minimum atomic E-state index is 0.0206. The summed E-state index contributed by atoms with van der Waals surface area (Å²) in [4.78, 5) is 29.4. The van der Waals surface area contributed by atoms with Crippen LogP contribution < -0.4 is 9.64 Å². The number of anilines is 1. The molecule has 130 valence electrons. The number of piperazine rings is 1. The highest BCUT2D eigenvalue weighted by molar-refractivity contribution is 5.94. The summed E-state index contributed by atoms with van der Waals surface area (Å²) >= 11 is 0. The van der Waals surface area contributed by atoms with Gasteiger partial charge >= 0.3 is 0 Å². The van der Waals surface area contributed by atoms with Gasteiger partial charge in [0.2, 0.25) is 11.8 Å². The third kappa shape index (κ3) is 3.87. The molecule has 0 atom stereocenters. The van der Waals surface area contributed by atoms with Gasteiger partial charge in [0.15, 0.2) is 0 Å². The Bertz CT molecular complexity index is 727. The summed E-state index contributed by atoms with van der Waals surface area (Å²) in [5.74, 6) is 1.94. The van der Waals surface area contributed by atoms with E-state index in [-0.39, 0.29) is 5.91 Å². The van der Waals surface area contributed by atoms with Gasteiger partial charge in [-0.15, -0.1) is 0 Å². The first-order chi connectivity index (χ1) is 12.3. The molecule has 1 aliphatic carbocycles. The van der Waals surface area contributed by atoms with Crippen molar-refractivity contribution in [3.8, 4) is 5.88 Å². The smallest absolute Gasteiger partial charge is 0.254 e. The van der Waals surface area contributed by atoms with Crippen molar-refractivity contribution in [3.05, 3.63) is 42.4 Å². The van der Waals surface area contributed by atoms with Gasteiger partial charge < -0.3 is 14.5 Å². The summed E-state index contributed by atoms with van der Waals surface area (Å²) in [7, 11) is 0. The number of rotatable bonds is 5. The van der Waals surface area contributed by atoms with Crippen molar-refractivity contribution >= 4 is 11.9 Å². The van der Waals surface area contributed by atoms with Gasteiger partial charge in [-0.2, -0.15) is 0 Å². The number of hydrogen-bond acceptors (Lipinski definition) is 6. The van der Waals surface area contributed by atoms with Gasteiger partial charge in [0.25, 0.3) is 5.91 Å². The first-order valence-corrected chi connectivity index (χ1v) is 8.70. The van der Waals surface area contributed by atoms with Crippen molar-refractivity contribution in [2.75, 3.05) is 37.7 Å². The number of aromatic nitrogens is 3. The fourth-order valence-corrected chi connectivity index (χ4v) is 2.86. The van der Waals surface area contributed by atoms with Crippen molar-refractivity contribution < 1.29 is 9.53 Å². The fourth-order valence-electron chi connectivity index (χ4n) is 2.86. The predicted octanol–water partition coefficient (Wildman–Crippen LogP) is 1.62. The third-order valence-electron chi connectivity index (χ3n) is 4.55. The van der Waals surface area contributed by atoms with Crippen LogP contribution in [0.2, 0.25) is 0 Å². The van der Waals surface area contributed by atoms with Crippen LogP contribution >= 0.6 is 0 Å². The van der Waals surface area contributed by atoms with E-state index < -0.39 is 0 Å². The molecule has 3 heterocycles. The Morgan fingerprint density at radius 3 is 2.56 bits per heavy atom. The lowest BCUT2D eigenvalue weighted by Gasteiger charge is -2.34. The van der Waals surface area contributed by atoms with Gasteiger partial charge in [-0.1, -0.05) is 0 Å². The average molecular weight is 339 g/mol. The monoisotopic (exact) mass is 339 g/mol. The first kappa shape index (κ1) is 15.8. The molecule has 0 unspecified atom stereocenters. The lowest BCUT2D eigenvalue weighted by molar-refractivity contribution is 0.0745. The Hall–Kier alpha value is -2.70. The van der Waals surface area contributed by atoms with Crippen molar-refractivity contribution in [1.29, 1.82) is 0 Å². The number of carbonyl (C=O) groups is 1. The van der Waals surface area contributed by atoms with E-state index in [4.69, 9.17) is 4.74 Å². The molecule has 1 aliphatic heterocycles. The summed E-state index contributed by atoms with van der Waals surface area (Å²) in [5, 5.41) is 0. The highest BCUT2D eigenvalue weighted by atomic mass is 16.5. The standard InChI is InChI=1S/C18H21N5O2/c24-17(15-4-7-19-16(12-15)25-13-14-2-3-14)22-8-10-23(11-9-22)18-20-5-1-6-21-18/h1,4-7,12,14H,2-3,8-11,13H2. The topological polar surface area (TPSA) is 71.5 Å². The van der Waals surface area contributed by atoms with Crippen molar-refractivity contribution in [2.24, 2.45) is 5.92 Å². The Balaban J connectivity index is 1.36. The van der Waals surface area contributed by atoms with Crippen LogP contribution in [0.4, 0.5) is 5.95 Å². The van der Waals surface area contributed by atoms with E-state index in [1.807, 2.05) is 4.90 Å². The molecule has 1 saturated carbocycles. The van der Waals surface area contributed by atoms with Crippen molar-refractivity contribution in [2.45, 2.75) is 12.8 Å². The molecule has 2 aromatic rings. The molecule has 0 bridgehead atoms.